The summed E-state index contributed by atoms with van der Waals surface area (Å²) in [5.74, 6) is 1.31. The van der Waals surface area contributed by atoms with Crippen molar-refractivity contribution >= 4 is 17.6 Å². The van der Waals surface area contributed by atoms with Gasteiger partial charge in [-0.2, -0.15) is 0 Å². The number of guanidine groups is 1. The molecule has 1 atom stereocenters. The highest BCUT2D eigenvalue weighted by Crippen LogP contribution is 2.21. The summed E-state index contributed by atoms with van der Waals surface area (Å²) >= 11 is 0. The number of amides is 1. The molecule has 33 heavy (non-hydrogen) atoms. The lowest BCUT2D eigenvalue weighted by molar-refractivity contribution is -0.127. The minimum atomic E-state index is 0.250. The highest BCUT2D eigenvalue weighted by atomic mass is 16.5. The van der Waals surface area contributed by atoms with Gasteiger partial charge in [0, 0.05) is 64.3 Å². The second-order valence-corrected chi connectivity index (χ2v) is 8.68. The summed E-state index contributed by atoms with van der Waals surface area (Å²) in [5.41, 5.74) is 3.76. The Bertz CT molecular complexity index is 927. The lowest BCUT2D eigenvalue weighted by atomic mass is 10.1. The Morgan fingerprint density at radius 2 is 1.82 bits per heavy atom. The molecule has 0 bridgehead atoms. The summed E-state index contributed by atoms with van der Waals surface area (Å²) < 4.78 is 5.50. The van der Waals surface area contributed by atoms with Crippen LogP contribution in [0.5, 0.6) is 0 Å². The maximum atomic E-state index is 12.5. The quantitative estimate of drug-likeness (QED) is 0.478. The first kappa shape index (κ1) is 23.1. The monoisotopic (exact) mass is 449 g/mol. The van der Waals surface area contributed by atoms with Gasteiger partial charge in [-0.3, -0.25) is 9.79 Å². The van der Waals surface area contributed by atoms with Crippen LogP contribution in [-0.4, -0.2) is 69.8 Å². The average Bonchev–Trinajstić information content (AvgIpc) is 3.23. The molecule has 4 rings (SSSR count). The zero-order chi connectivity index (χ0) is 22.9. The van der Waals surface area contributed by atoms with E-state index in [1.807, 2.05) is 23.1 Å². The van der Waals surface area contributed by atoms with Crippen LogP contribution in [0.2, 0.25) is 0 Å². The smallest absolute Gasteiger partial charge is 0.223 e. The van der Waals surface area contributed by atoms with Gasteiger partial charge >= 0.3 is 0 Å². The number of hydrogen-bond donors (Lipinski definition) is 2. The number of morpholine rings is 1. The number of para-hydroxylation sites is 1. The standard InChI is InChI=1S/C26H35N5O2/c1-27-26(29-19-23-9-5-6-10-24(23)30-13-15-33-16-14-30)28-18-22-17-25(32)31(20-22)12-11-21-7-3-2-4-8-21/h2-10,22H,11-20H2,1H3,(H2,27,28,29). The van der Waals surface area contributed by atoms with Gasteiger partial charge in [0.2, 0.25) is 5.91 Å². The van der Waals surface area contributed by atoms with Gasteiger partial charge in [-0.25, -0.2) is 0 Å². The Morgan fingerprint density at radius 1 is 1.06 bits per heavy atom. The van der Waals surface area contributed by atoms with Gasteiger partial charge in [0.15, 0.2) is 5.96 Å². The van der Waals surface area contributed by atoms with Crippen LogP contribution in [0.1, 0.15) is 17.5 Å². The van der Waals surface area contributed by atoms with Gasteiger partial charge in [0.25, 0.3) is 0 Å². The largest absolute Gasteiger partial charge is 0.378 e. The summed E-state index contributed by atoms with van der Waals surface area (Å²) in [7, 11) is 1.79. The van der Waals surface area contributed by atoms with Crippen molar-refractivity contribution in [2.24, 2.45) is 10.9 Å². The second kappa shape index (κ2) is 11.7. The molecule has 0 radical (unpaired) electrons. The van der Waals surface area contributed by atoms with Crippen molar-refractivity contribution in [3.8, 4) is 0 Å². The van der Waals surface area contributed by atoms with Crippen LogP contribution in [0.15, 0.2) is 59.6 Å². The topological polar surface area (TPSA) is 69.2 Å². The number of likely N-dealkylation sites (tertiary alicyclic amines) is 1. The predicted octanol–water partition coefficient (Wildman–Crippen LogP) is 2.28. The molecule has 2 fully saturated rings. The summed E-state index contributed by atoms with van der Waals surface area (Å²) in [6.07, 6.45) is 1.50. The van der Waals surface area contributed by atoms with E-state index in [9.17, 15) is 4.79 Å². The van der Waals surface area contributed by atoms with Gasteiger partial charge in [-0.05, 0) is 23.6 Å². The first-order valence-electron chi connectivity index (χ1n) is 11.9. The fourth-order valence-corrected chi connectivity index (χ4v) is 4.53. The SMILES string of the molecule is CN=C(NCc1ccccc1N1CCOCC1)NCC1CC(=O)N(CCc2ccccc2)C1. The minimum absolute atomic E-state index is 0.250. The molecule has 7 heteroatoms. The zero-order valence-electron chi connectivity index (χ0n) is 19.5. The van der Waals surface area contributed by atoms with E-state index in [0.29, 0.717) is 18.9 Å². The lowest BCUT2D eigenvalue weighted by Crippen LogP contribution is -2.41. The molecule has 2 aliphatic rings. The molecule has 1 unspecified atom stereocenters. The summed E-state index contributed by atoms with van der Waals surface area (Å²) in [5, 5.41) is 6.86. The number of nitrogens with one attached hydrogen (secondary N) is 2. The van der Waals surface area contributed by atoms with Crippen LogP contribution >= 0.6 is 0 Å². The molecule has 0 saturated carbocycles. The van der Waals surface area contributed by atoms with E-state index in [1.165, 1.54) is 16.8 Å². The zero-order valence-corrected chi connectivity index (χ0v) is 19.5. The molecule has 0 aliphatic carbocycles. The number of carbonyl (C=O) groups excluding carboxylic acids is 1. The highest BCUT2D eigenvalue weighted by Gasteiger charge is 2.29. The van der Waals surface area contributed by atoms with Crippen molar-refractivity contribution in [2.45, 2.75) is 19.4 Å². The maximum Gasteiger partial charge on any atom is 0.223 e. The van der Waals surface area contributed by atoms with Crippen LogP contribution in [0, 0.1) is 5.92 Å². The van der Waals surface area contributed by atoms with E-state index in [-0.39, 0.29) is 5.91 Å². The van der Waals surface area contributed by atoms with E-state index in [0.717, 1.165) is 58.3 Å². The average molecular weight is 450 g/mol. The lowest BCUT2D eigenvalue weighted by Gasteiger charge is -2.30. The number of nitrogens with zero attached hydrogens (tertiary/aromatic N) is 3. The third-order valence-corrected chi connectivity index (χ3v) is 6.38. The molecule has 2 aromatic carbocycles. The van der Waals surface area contributed by atoms with Crippen LogP contribution in [0.25, 0.3) is 0 Å². The van der Waals surface area contributed by atoms with Gasteiger partial charge < -0.3 is 25.2 Å². The maximum absolute atomic E-state index is 12.5. The van der Waals surface area contributed by atoms with Crippen LogP contribution in [0.4, 0.5) is 5.69 Å². The fourth-order valence-electron chi connectivity index (χ4n) is 4.53. The van der Waals surface area contributed by atoms with Crippen molar-refractivity contribution in [1.82, 2.24) is 15.5 Å². The molecule has 2 heterocycles. The van der Waals surface area contributed by atoms with E-state index in [4.69, 9.17) is 4.74 Å². The summed E-state index contributed by atoms with van der Waals surface area (Å²) in [6.45, 7) is 6.39. The van der Waals surface area contributed by atoms with E-state index < -0.39 is 0 Å². The molecule has 176 valence electrons. The van der Waals surface area contributed by atoms with Gasteiger partial charge in [0.05, 0.1) is 13.2 Å². The van der Waals surface area contributed by atoms with E-state index in [1.54, 1.807) is 7.05 Å². The third kappa shape index (κ3) is 6.48. The Balaban J connectivity index is 1.24. The number of benzene rings is 2. The molecule has 7 nitrogen and oxygen atoms in total. The highest BCUT2D eigenvalue weighted by molar-refractivity contribution is 5.81. The van der Waals surface area contributed by atoms with Crippen LogP contribution in [-0.2, 0) is 22.5 Å². The molecule has 2 saturated heterocycles. The molecule has 2 aliphatic heterocycles. The van der Waals surface area contributed by atoms with E-state index >= 15 is 0 Å². The van der Waals surface area contributed by atoms with Crippen LogP contribution < -0.4 is 15.5 Å². The molecule has 0 spiro atoms. The van der Waals surface area contributed by atoms with Crippen LogP contribution in [0.3, 0.4) is 0 Å². The summed E-state index contributed by atoms with van der Waals surface area (Å²) in [4.78, 5) is 21.2. The Kier molecular flexibility index (Phi) is 8.19. The van der Waals surface area contributed by atoms with Crippen molar-refractivity contribution in [3.05, 3.63) is 65.7 Å². The number of ether oxygens (including phenoxy) is 1. The Morgan fingerprint density at radius 3 is 2.61 bits per heavy atom. The molecule has 0 aromatic heterocycles. The van der Waals surface area contributed by atoms with Crippen molar-refractivity contribution in [2.75, 3.05) is 57.9 Å². The predicted molar refractivity (Wildman–Crippen MR) is 133 cm³/mol. The number of aliphatic imine (C=N–C) groups is 1. The number of rotatable bonds is 8. The second-order valence-electron chi connectivity index (χ2n) is 8.68. The molecule has 2 N–H and O–H groups in total. The number of anilines is 1. The molecular formula is C26H35N5O2. The van der Waals surface area contributed by atoms with Crippen molar-refractivity contribution in [1.29, 1.82) is 0 Å². The fraction of sp³-hybridized carbons (Fsp3) is 0.462. The minimum Gasteiger partial charge on any atom is -0.378 e. The van der Waals surface area contributed by atoms with Crippen molar-refractivity contribution in [3.63, 3.8) is 0 Å². The van der Waals surface area contributed by atoms with Gasteiger partial charge in [-0.15, -0.1) is 0 Å². The van der Waals surface area contributed by atoms with Gasteiger partial charge in [-0.1, -0.05) is 48.5 Å². The summed E-state index contributed by atoms with van der Waals surface area (Å²) in [6, 6.07) is 18.8. The third-order valence-electron chi connectivity index (χ3n) is 6.38. The van der Waals surface area contributed by atoms with E-state index in [2.05, 4.69) is 56.9 Å². The Labute approximate surface area is 196 Å². The first-order chi connectivity index (χ1) is 16.2. The normalized spacial score (nSPS) is 19.1. The molecular weight excluding hydrogens is 414 g/mol. The molecule has 2 aromatic rings. The van der Waals surface area contributed by atoms with Crippen molar-refractivity contribution < 1.29 is 9.53 Å². The molecule has 1 amide bonds. The van der Waals surface area contributed by atoms with Gasteiger partial charge in [0.1, 0.15) is 0 Å². The number of hydrogen-bond acceptors (Lipinski definition) is 4. The Hall–Kier alpha value is -3.06. The number of carbonyl (C=O) groups is 1. The first-order valence-corrected chi connectivity index (χ1v) is 11.9.